The van der Waals surface area contributed by atoms with Gasteiger partial charge in [-0.25, -0.2) is 4.79 Å². The zero-order valence-corrected chi connectivity index (χ0v) is 22.3. The number of pyridine rings is 1. The van der Waals surface area contributed by atoms with Crippen molar-refractivity contribution in [3.8, 4) is 11.1 Å². The second kappa shape index (κ2) is 10.5. The van der Waals surface area contributed by atoms with Gasteiger partial charge in [-0.3, -0.25) is 14.6 Å². The van der Waals surface area contributed by atoms with Crippen molar-refractivity contribution < 1.29 is 23.5 Å². The van der Waals surface area contributed by atoms with E-state index in [0.29, 0.717) is 52.2 Å². The number of aromatic nitrogens is 1. The molecule has 6 rings (SSSR count). The number of hydrogen-bond donors (Lipinski definition) is 1. The van der Waals surface area contributed by atoms with Crippen LogP contribution in [0.2, 0.25) is 0 Å². The second-order valence-electron chi connectivity index (χ2n) is 9.59. The molecular weight excluding hydrogens is 514 g/mol. The van der Waals surface area contributed by atoms with Gasteiger partial charge in [-0.05, 0) is 72.0 Å². The normalized spacial score (nSPS) is 15.8. The second-order valence-corrected chi connectivity index (χ2v) is 10.4. The Morgan fingerprint density at radius 2 is 2.03 bits per heavy atom. The Morgan fingerprint density at radius 1 is 1.18 bits per heavy atom. The van der Waals surface area contributed by atoms with Crippen molar-refractivity contribution in [3.05, 3.63) is 98.9 Å². The molecule has 9 heteroatoms. The standard InChI is InChI=1S/C30H27N3O5S/c1-2-37-30(36)25-22(15-18-11-14-39-17-18)32-27-23-6-3-12-33(23)29(35)26(27)24(25)19-7-9-20(10-8-19)28(34)31-16-21-5-4-13-38-21/h4-5,7-11,13-14,17,23H,2-3,6,12,15-16H2,1H3,(H,31,34)/t23-/m0/s1. The summed E-state index contributed by atoms with van der Waals surface area (Å²) in [4.78, 5) is 46.7. The van der Waals surface area contributed by atoms with Crippen molar-refractivity contribution in [2.75, 3.05) is 13.2 Å². The molecule has 2 amide bonds. The van der Waals surface area contributed by atoms with Gasteiger partial charge in [0.1, 0.15) is 5.76 Å². The Hall–Kier alpha value is -4.24. The quantitative estimate of drug-likeness (QED) is 0.300. The molecule has 1 aromatic carbocycles. The van der Waals surface area contributed by atoms with Crippen molar-refractivity contribution in [3.63, 3.8) is 0 Å². The highest BCUT2D eigenvalue weighted by Gasteiger charge is 2.44. The SMILES string of the molecule is CCOC(=O)c1c(Cc2ccsc2)nc2c(c1-c1ccc(C(=O)NCc3ccco3)cc1)C(=O)N1CCC[C@@H]21. The number of benzene rings is 1. The van der Waals surface area contributed by atoms with E-state index in [1.165, 1.54) is 0 Å². The maximum absolute atomic E-state index is 13.7. The van der Waals surface area contributed by atoms with E-state index >= 15 is 0 Å². The van der Waals surface area contributed by atoms with Crippen LogP contribution in [-0.4, -0.2) is 40.8 Å². The minimum Gasteiger partial charge on any atom is -0.467 e. The Morgan fingerprint density at radius 3 is 2.74 bits per heavy atom. The lowest BCUT2D eigenvalue weighted by Crippen LogP contribution is -2.23. The Labute approximate surface area is 229 Å². The van der Waals surface area contributed by atoms with Gasteiger partial charge in [0.15, 0.2) is 0 Å². The topological polar surface area (TPSA) is 102 Å². The summed E-state index contributed by atoms with van der Waals surface area (Å²) in [6.07, 6.45) is 3.78. The first-order valence-corrected chi connectivity index (χ1v) is 14.0. The zero-order chi connectivity index (χ0) is 26.9. The average Bonchev–Trinajstić information content (AvgIpc) is 3.76. The lowest BCUT2D eigenvalue weighted by atomic mass is 9.89. The third-order valence-electron chi connectivity index (χ3n) is 7.21. The van der Waals surface area contributed by atoms with Gasteiger partial charge in [0.05, 0.1) is 48.0 Å². The molecule has 0 saturated carbocycles. The van der Waals surface area contributed by atoms with Gasteiger partial charge in [-0.2, -0.15) is 11.3 Å². The van der Waals surface area contributed by atoms with Crippen LogP contribution in [-0.2, 0) is 17.7 Å². The van der Waals surface area contributed by atoms with Crippen LogP contribution in [0.1, 0.15) is 79.6 Å². The van der Waals surface area contributed by atoms with Crippen molar-refractivity contribution in [2.45, 2.75) is 38.8 Å². The molecule has 5 heterocycles. The molecular formula is C30H27N3O5S. The smallest absolute Gasteiger partial charge is 0.340 e. The molecule has 0 radical (unpaired) electrons. The first-order chi connectivity index (χ1) is 19.0. The van der Waals surface area contributed by atoms with Crippen LogP contribution >= 0.6 is 11.3 Å². The van der Waals surface area contributed by atoms with Crippen molar-refractivity contribution in [1.29, 1.82) is 0 Å². The number of carbonyl (C=O) groups excluding carboxylic acids is 3. The number of thiophene rings is 1. The number of furan rings is 1. The molecule has 2 aliphatic rings. The number of nitrogens with one attached hydrogen (secondary N) is 1. The minimum atomic E-state index is -0.506. The Bertz CT molecular complexity index is 1530. The molecule has 1 N–H and O–H groups in total. The molecule has 0 aliphatic carbocycles. The monoisotopic (exact) mass is 541 g/mol. The lowest BCUT2D eigenvalue weighted by molar-refractivity contribution is 0.0525. The molecule has 0 spiro atoms. The zero-order valence-electron chi connectivity index (χ0n) is 21.4. The van der Waals surface area contributed by atoms with Crippen LogP contribution in [0.5, 0.6) is 0 Å². The van der Waals surface area contributed by atoms with Crippen LogP contribution < -0.4 is 5.32 Å². The summed E-state index contributed by atoms with van der Waals surface area (Å²) in [5.74, 6) is -0.210. The van der Waals surface area contributed by atoms with E-state index in [1.54, 1.807) is 60.9 Å². The number of esters is 1. The van der Waals surface area contributed by atoms with E-state index in [0.717, 1.165) is 24.1 Å². The van der Waals surface area contributed by atoms with E-state index in [9.17, 15) is 14.4 Å². The van der Waals surface area contributed by atoms with Crippen LogP contribution in [0.3, 0.4) is 0 Å². The number of rotatable bonds is 8. The fourth-order valence-electron chi connectivity index (χ4n) is 5.45. The molecule has 1 fully saturated rings. The summed E-state index contributed by atoms with van der Waals surface area (Å²) in [7, 11) is 0. The highest BCUT2D eigenvalue weighted by Crippen LogP contribution is 2.45. The predicted molar refractivity (Wildman–Crippen MR) is 146 cm³/mol. The fourth-order valence-corrected chi connectivity index (χ4v) is 6.12. The molecule has 0 unspecified atom stereocenters. The predicted octanol–water partition coefficient (Wildman–Crippen LogP) is 5.39. The highest BCUT2D eigenvalue weighted by atomic mass is 32.1. The summed E-state index contributed by atoms with van der Waals surface area (Å²) in [5, 5.41) is 6.87. The molecule has 2 aliphatic heterocycles. The highest BCUT2D eigenvalue weighted by molar-refractivity contribution is 7.07. The molecule has 198 valence electrons. The first-order valence-electron chi connectivity index (χ1n) is 13.0. The van der Waals surface area contributed by atoms with Gasteiger partial charge in [-0.1, -0.05) is 12.1 Å². The third kappa shape index (κ3) is 4.63. The molecule has 4 aromatic rings. The summed E-state index contributed by atoms with van der Waals surface area (Å²) >= 11 is 1.58. The van der Waals surface area contributed by atoms with Crippen molar-refractivity contribution >= 4 is 29.1 Å². The molecule has 1 atom stereocenters. The molecule has 3 aromatic heterocycles. The van der Waals surface area contributed by atoms with Gasteiger partial charge in [-0.15, -0.1) is 0 Å². The van der Waals surface area contributed by atoms with Crippen LogP contribution in [0.25, 0.3) is 11.1 Å². The number of nitrogens with zero attached hydrogens (tertiary/aromatic N) is 2. The lowest BCUT2D eigenvalue weighted by Gasteiger charge is -2.18. The molecule has 39 heavy (non-hydrogen) atoms. The summed E-state index contributed by atoms with van der Waals surface area (Å²) in [6.45, 7) is 2.90. The van der Waals surface area contributed by atoms with E-state index < -0.39 is 5.97 Å². The van der Waals surface area contributed by atoms with Crippen molar-refractivity contribution in [1.82, 2.24) is 15.2 Å². The number of amides is 2. The van der Waals surface area contributed by atoms with Gasteiger partial charge < -0.3 is 19.4 Å². The van der Waals surface area contributed by atoms with Crippen LogP contribution in [0.4, 0.5) is 0 Å². The van der Waals surface area contributed by atoms with Crippen LogP contribution in [0.15, 0.2) is 63.9 Å². The van der Waals surface area contributed by atoms with Crippen molar-refractivity contribution in [2.24, 2.45) is 0 Å². The van der Waals surface area contributed by atoms with E-state index in [2.05, 4.69) is 5.32 Å². The summed E-state index contributed by atoms with van der Waals surface area (Å²) < 4.78 is 10.8. The van der Waals surface area contributed by atoms with E-state index in [1.807, 2.05) is 21.7 Å². The maximum atomic E-state index is 13.7. The third-order valence-corrected chi connectivity index (χ3v) is 7.95. The van der Waals surface area contributed by atoms with Gasteiger partial charge in [0, 0.05) is 24.1 Å². The average molecular weight is 542 g/mol. The van der Waals surface area contributed by atoms with Gasteiger partial charge in [0.2, 0.25) is 0 Å². The molecule has 0 bridgehead atoms. The van der Waals surface area contributed by atoms with Crippen LogP contribution in [0, 0.1) is 0 Å². The number of fused-ring (bicyclic) bond motifs is 3. The maximum Gasteiger partial charge on any atom is 0.340 e. The number of ether oxygens (including phenoxy) is 1. The summed E-state index contributed by atoms with van der Waals surface area (Å²) in [5.41, 5.74) is 4.80. The van der Waals surface area contributed by atoms with E-state index in [4.69, 9.17) is 14.1 Å². The molecule has 1 saturated heterocycles. The minimum absolute atomic E-state index is 0.0876. The van der Waals surface area contributed by atoms with E-state index in [-0.39, 0.29) is 31.0 Å². The Kier molecular flexibility index (Phi) is 6.74. The first kappa shape index (κ1) is 25.1. The number of carbonyl (C=O) groups is 3. The Balaban J connectivity index is 1.45. The summed E-state index contributed by atoms with van der Waals surface area (Å²) in [6, 6.07) is 12.5. The fraction of sp³-hybridized carbons (Fsp3) is 0.267. The number of hydrogen-bond acceptors (Lipinski definition) is 7. The largest absolute Gasteiger partial charge is 0.467 e. The van der Waals surface area contributed by atoms with Gasteiger partial charge >= 0.3 is 5.97 Å². The molecule has 8 nitrogen and oxygen atoms in total. The van der Waals surface area contributed by atoms with Gasteiger partial charge in [0.25, 0.3) is 11.8 Å².